The Morgan fingerprint density at radius 2 is 1.74 bits per heavy atom. The largest absolute Gasteiger partial charge is 0.494 e. The number of hydrogen-bond donors (Lipinski definition) is 0. The third kappa shape index (κ3) is 5.85. The van der Waals surface area contributed by atoms with E-state index in [2.05, 4.69) is 6.92 Å². The third-order valence-corrected chi connectivity index (χ3v) is 6.07. The Kier molecular flexibility index (Phi) is 8.46. The van der Waals surface area contributed by atoms with E-state index in [4.69, 9.17) is 9.47 Å². The number of benzene rings is 1. The zero-order chi connectivity index (χ0) is 22.2. The summed E-state index contributed by atoms with van der Waals surface area (Å²) in [5, 5.41) is 0. The first-order valence-corrected chi connectivity index (χ1v) is 11.6. The summed E-state index contributed by atoms with van der Waals surface area (Å²) in [6, 6.07) is 6.71. The Morgan fingerprint density at radius 3 is 2.39 bits per heavy atom. The van der Waals surface area contributed by atoms with Gasteiger partial charge in [0.2, 0.25) is 5.91 Å². The minimum atomic E-state index is -0.454. The van der Waals surface area contributed by atoms with Gasteiger partial charge in [-0.25, -0.2) is 4.90 Å². The van der Waals surface area contributed by atoms with Gasteiger partial charge >= 0.3 is 5.97 Å². The molecule has 2 aliphatic rings. The molecule has 2 fully saturated rings. The van der Waals surface area contributed by atoms with E-state index < -0.39 is 6.04 Å². The van der Waals surface area contributed by atoms with Gasteiger partial charge in [-0.2, -0.15) is 0 Å². The number of piperidine rings is 1. The average molecular weight is 431 g/mol. The molecule has 1 aromatic rings. The normalized spacial score (nSPS) is 20.3. The van der Waals surface area contributed by atoms with E-state index in [9.17, 15) is 14.4 Å². The van der Waals surface area contributed by atoms with Crippen molar-refractivity contribution in [3.63, 3.8) is 0 Å². The molecule has 2 aliphatic heterocycles. The summed E-state index contributed by atoms with van der Waals surface area (Å²) in [5.74, 6) is 0.0970. The van der Waals surface area contributed by atoms with Crippen molar-refractivity contribution in [2.24, 2.45) is 5.92 Å². The topological polar surface area (TPSA) is 76.2 Å². The van der Waals surface area contributed by atoms with Gasteiger partial charge in [0.1, 0.15) is 5.75 Å². The molecule has 7 nitrogen and oxygen atoms in total. The lowest BCUT2D eigenvalue weighted by Gasteiger charge is -2.33. The lowest BCUT2D eigenvalue weighted by molar-refractivity contribution is -0.149. The molecular weight excluding hydrogens is 396 g/mol. The number of ether oxygens (including phenoxy) is 2. The second kappa shape index (κ2) is 11.3. The smallest absolute Gasteiger partial charge is 0.309 e. The van der Waals surface area contributed by atoms with Crippen LogP contribution in [0.1, 0.15) is 58.8 Å². The fourth-order valence-corrected chi connectivity index (χ4v) is 4.29. The number of carbonyl (C=O) groups is 3. The monoisotopic (exact) mass is 430 g/mol. The van der Waals surface area contributed by atoms with Crippen LogP contribution in [0.15, 0.2) is 24.3 Å². The van der Waals surface area contributed by atoms with Crippen LogP contribution in [0.2, 0.25) is 0 Å². The molecule has 0 bridgehead atoms. The highest BCUT2D eigenvalue weighted by atomic mass is 16.5. The van der Waals surface area contributed by atoms with Crippen LogP contribution in [0.5, 0.6) is 5.75 Å². The zero-order valence-electron chi connectivity index (χ0n) is 18.7. The fourth-order valence-electron chi connectivity index (χ4n) is 4.29. The molecule has 0 aliphatic carbocycles. The van der Waals surface area contributed by atoms with E-state index >= 15 is 0 Å². The fraction of sp³-hybridized carbons (Fsp3) is 0.625. The zero-order valence-corrected chi connectivity index (χ0v) is 18.7. The Labute approximate surface area is 184 Å². The Morgan fingerprint density at radius 1 is 1.03 bits per heavy atom. The van der Waals surface area contributed by atoms with E-state index in [1.807, 2.05) is 17.0 Å². The summed E-state index contributed by atoms with van der Waals surface area (Å²) in [6.45, 7) is 6.27. The van der Waals surface area contributed by atoms with E-state index in [0.29, 0.717) is 44.8 Å². The molecule has 0 N–H and O–H groups in total. The van der Waals surface area contributed by atoms with Gasteiger partial charge < -0.3 is 9.47 Å². The van der Waals surface area contributed by atoms with Gasteiger partial charge in [0.05, 0.1) is 37.3 Å². The van der Waals surface area contributed by atoms with Crippen LogP contribution in [-0.4, -0.2) is 55.0 Å². The number of nitrogens with zero attached hydrogens (tertiary/aromatic N) is 2. The number of hydrogen-bond acceptors (Lipinski definition) is 6. The first-order chi connectivity index (χ1) is 15.0. The molecule has 170 valence electrons. The van der Waals surface area contributed by atoms with Crippen molar-refractivity contribution in [1.29, 1.82) is 0 Å². The highest BCUT2D eigenvalue weighted by Crippen LogP contribution is 2.30. The number of amides is 2. The van der Waals surface area contributed by atoms with Crippen molar-refractivity contribution in [1.82, 2.24) is 4.90 Å². The number of likely N-dealkylation sites (tertiary alicyclic amines) is 1. The molecule has 0 saturated carbocycles. The second-order valence-corrected chi connectivity index (χ2v) is 8.25. The lowest BCUT2D eigenvalue weighted by atomic mass is 9.95. The molecule has 2 heterocycles. The molecule has 0 aromatic heterocycles. The van der Waals surface area contributed by atoms with Gasteiger partial charge in [0, 0.05) is 0 Å². The Hall–Kier alpha value is -2.41. The highest BCUT2D eigenvalue weighted by molar-refractivity contribution is 6.22. The van der Waals surface area contributed by atoms with Gasteiger partial charge in [0.25, 0.3) is 5.91 Å². The van der Waals surface area contributed by atoms with Gasteiger partial charge in [-0.15, -0.1) is 0 Å². The third-order valence-electron chi connectivity index (χ3n) is 6.07. The van der Waals surface area contributed by atoms with Crippen LogP contribution in [-0.2, 0) is 19.1 Å². The predicted molar refractivity (Wildman–Crippen MR) is 118 cm³/mol. The molecular formula is C24H34N2O5. The number of rotatable bonds is 10. The number of anilines is 1. The molecule has 0 unspecified atom stereocenters. The highest BCUT2D eigenvalue weighted by Gasteiger charge is 2.44. The van der Waals surface area contributed by atoms with Crippen LogP contribution in [0.4, 0.5) is 5.69 Å². The quantitative estimate of drug-likeness (QED) is 0.321. The van der Waals surface area contributed by atoms with Crippen molar-refractivity contribution >= 4 is 23.5 Å². The first kappa shape index (κ1) is 23.3. The summed E-state index contributed by atoms with van der Waals surface area (Å²) < 4.78 is 10.9. The minimum absolute atomic E-state index is 0.117. The maximum atomic E-state index is 13.0. The van der Waals surface area contributed by atoms with E-state index in [0.717, 1.165) is 18.6 Å². The molecule has 7 heteroatoms. The second-order valence-electron chi connectivity index (χ2n) is 8.25. The summed E-state index contributed by atoms with van der Waals surface area (Å²) in [4.78, 5) is 40.9. The summed E-state index contributed by atoms with van der Waals surface area (Å²) in [6.07, 6.45) is 6.07. The van der Waals surface area contributed by atoms with Crippen LogP contribution in [0.3, 0.4) is 0 Å². The van der Waals surface area contributed by atoms with E-state index in [-0.39, 0.29) is 30.1 Å². The summed E-state index contributed by atoms with van der Waals surface area (Å²) >= 11 is 0. The van der Waals surface area contributed by atoms with Gasteiger partial charge in [-0.1, -0.05) is 26.2 Å². The molecule has 1 atom stereocenters. The lowest BCUT2D eigenvalue weighted by Crippen LogP contribution is -2.47. The van der Waals surface area contributed by atoms with Gasteiger partial charge in [-0.3, -0.25) is 19.3 Å². The first-order valence-electron chi connectivity index (χ1n) is 11.6. The van der Waals surface area contributed by atoms with Crippen LogP contribution >= 0.6 is 0 Å². The number of imide groups is 1. The standard InChI is InChI=1S/C24H34N2O5/c1-3-5-6-7-16-31-20-10-8-19(9-11-20)26-22(27)17-21(23(26)28)25-14-12-18(13-15-25)24(29)30-4-2/h8-11,18,21H,3-7,12-17H2,1-2H3/t21-/m0/s1. The molecule has 0 radical (unpaired) electrons. The SMILES string of the molecule is CCCCCCOc1ccc(N2C(=O)C[C@H](N3CCC(C(=O)OCC)CC3)C2=O)cc1. The maximum Gasteiger partial charge on any atom is 0.309 e. The number of carbonyl (C=O) groups excluding carboxylic acids is 3. The number of esters is 1. The van der Waals surface area contributed by atoms with E-state index in [1.54, 1.807) is 19.1 Å². The van der Waals surface area contributed by atoms with Crippen molar-refractivity contribution in [3.05, 3.63) is 24.3 Å². The molecule has 31 heavy (non-hydrogen) atoms. The van der Waals surface area contributed by atoms with Crippen molar-refractivity contribution in [2.75, 3.05) is 31.2 Å². The molecule has 3 rings (SSSR count). The summed E-state index contributed by atoms with van der Waals surface area (Å²) in [5.41, 5.74) is 0.581. The van der Waals surface area contributed by atoms with Gasteiger partial charge in [0.15, 0.2) is 0 Å². The van der Waals surface area contributed by atoms with Crippen LogP contribution in [0.25, 0.3) is 0 Å². The van der Waals surface area contributed by atoms with Crippen molar-refractivity contribution in [2.45, 2.75) is 64.8 Å². The molecule has 0 spiro atoms. The van der Waals surface area contributed by atoms with Gasteiger partial charge in [-0.05, 0) is 63.5 Å². The number of unbranched alkanes of at least 4 members (excludes halogenated alkanes) is 3. The van der Waals surface area contributed by atoms with Crippen LogP contribution < -0.4 is 9.64 Å². The van der Waals surface area contributed by atoms with Crippen LogP contribution in [0, 0.1) is 5.92 Å². The predicted octanol–water partition coefficient (Wildman–Crippen LogP) is 3.55. The van der Waals surface area contributed by atoms with Crippen molar-refractivity contribution in [3.8, 4) is 5.75 Å². The Balaban J connectivity index is 1.54. The Bertz CT molecular complexity index is 756. The van der Waals surface area contributed by atoms with E-state index in [1.165, 1.54) is 17.7 Å². The molecule has 2 amide bonds. The maximum absolute atomic E-state index is 13.0. The van der Waals surface area contributed by atoms with Crippen molar-refractivity contribution < 1.29 is 23.9 Å². The molecule has 1 aromatic carbocycles. The molecule has 2 saturated heterocycles. The summed E-state index contributed by atoms with van der Waals surface area (Å²) in [7, 11) is 0. The average Bonchev–Trinajstić information content (AvgIpc) is 3.08. The minimum Gasteiger partial charge on any atom is -0.494 e.